The maximum absolute atomic E-state index is 12.3. The van der Waals surface area contributed by atoms with Gasteiger partial charge in [0.15, 0.2) is 5.43 Å². The van der Waals surface area contributed by atoms with E-state index in [1.54, 1.807) is 0 Å². The Hall–Kier alpha value is -3.16. The Morgan fingerprint density at radius 3 is 2.45 bits per heavy atom. The summed E-state index contributed by atoms with van der Waals surface area (Å²) in [6.07, 6.45) is -0.803. The molecule has 0 amide bonds. The number of rotatable bonds is 4. The quantitative estimate of drug-likeness (QED) is 0.796. The summed E-state index contributed by atoms with van der Waals surface area (Å²) in [6, 6.07) is 3.73. The van der Waals surface area contributed by atoms with Gasteiger partial charge in [0, 0.05) is 0 Å². The van der Waals surface area contributed by atoms with Crippen LogP contribution in [0, 0.1) is 0 Å². The number of methoxy groups -OCH3 is 1. The zero-order chi connectivity index (χ0) is 16.4. The van der Waals surface area contributed by atoms with Crippen molar-refractivity contribution in [1.82, 2.24) is 0 Å². The van der Waals surface area contributed by atoms with Gasteiger partial charge < -0.3 is 19.4 Å². The van der Waals surface area contributed by atoms with E-state index in [1.807, 2.05) is 0 Å². The molecular weight excluding hydrogens is 296 g/mol. The van der Waals surface area contributed by atoms with Gasteiger partial charge in [0.1, 0.15) is 5.58 Å². The van der Waals surface area contributed by atoms with Crippen LogP contribution in [0.1, 0.15) is 26.5 Å². The maximum atomic E-state index is 12.3. The average Bonchev–Trinajstić information content (AvgIpc) is 2.48. The summed E-state index contributed by atoms with van der Waals surface area (Å²) in [6.45, 7) is 0. The molecule has 0 saturated carbocycles. The molecule has 0 bridgehead atoms. The van der Waals surface area contributed by atoms with Gasteiger partial charge in [0.05, 0.1) is 30.0 Å². The number of carboxylic acid groups (broad SMARTS) is 2. The number of carbonyl (C=O) groups excluding carboxylic acids is 1. The molecule has 0 radical (unpaired) electrons. The standard InChI is InChI=1S/C14H10O8/c1-21-14(20)6-2-3-9-7(4-6)11(17)8(5-10(15)16)12(22-9)13(18)19/h2-4H,5H2,1H3,(H,15,16)(H,18,19). The van der Waals surface area contributed by atoms with Crippen molar-refractivity contribution in [2.75, 3.05) is 7.11 Å². The highest BCUT2D eigenvalue weighted by Crippen LogP contribution is 2.18. The van der Waals surface area contributed by atoms with Gasteiger partial charge in [-0.3, -0.25) is 9.59 Å². The summed E-state index contributed by atoms with van der Waals surface area (Å²) in [5, 5.41) is 17.8. The minimum atomic E-state index is -1.55. The van der Waals surface area contributed by atoms with E-state index in [4.69, 9.17) is 14.6 Å². The topological polar surface area (TPSA) is 131 Å². The van der Waals surface area contributed by atoms with E-state index in [1.165, 1.54) is 25.3 Å². The molecule has 2 aromatic rings. The number of ether oxygens (including phenoxy) is 1. The molecule has 2 rings (SSSR count). The molecule has 0 saturated heterocycles. The van der Waals surface area contributed by atoms with Crippen LogP contribution in [0.5, 0.6) is 0 Å². The Kier molecular flexibility index (Phi) is 3.93. The van der Waals surface area contributed by atoms with Crippen LogP contribution in [0.4, 0.5) is 0 Å². The maximum Gasteiger partial charge on any atom is 0.372 e. The molecule has 0 aliphatic heterocycles. The Bertz CT molecular complexity index is 846. The van der Waals surface area contributed by atoms with Crippen molar-refractivity contribution in [2.24, 2.45) is 0 Å². The molecule has 0 atom stereocenters. The van der Waals surface area contributed by atoms with Gasteiger partial charge in [0.2, 0.25) is 5.76 Å². The van der Waals surface area contributed by atoms with Crippen LogP contribution < -0.4 is 5.43 Å². The molecule has 0 aliphatic rings. The number of hydrogen-bond donors (Lipinski definition) is 2. The van der Waals surface area contributed by atoms with E-state index >= 15 is 0 Å². The highest BCUT2D eigenvalue weighted by molar-refractivity contribution is 5.96. The van der Waals surface area contributed by atoms with E-state index in [0.717, 1.165) is 0 Å². The first-order chi connectivity index (χ1) is 10.3. The predicted molar refractivity (Wildman–Crippen MR) is 72.1 cm³/mol. The summed E-state index contributed by atoms with van der Waals surface area (Å²) in [5.74, 6) is -4.35. The van der Waals surface area contributed by atoms with Crippen LogP contribution in [0.15, 0.2) is 27.4 Å². The van der Waals surface area contributed by atoms with Gasteiger partial charge in [0.25, 0.3) is 0 Å². The minimum Gasteiger partial charge on any atom is -0.481 e. The van der Waals surface area contributed by atoms with E-state index < -0.39 is 41.1 Å². The monoisotopic (exact) mass is 306 g/mol. The zero-order valence-corrected chi connectivity index (χ0v) is 11.3. The van der Waals surface area contributed by atoms with Crippen LogP contribution in [0.25, 0.3) is 11.0 Å². The van der Waals surface area contributed by atoms with Crippen molar-refractivity contribution < 1.29 is 33.8 Å². The molecule has 1 aromatic carbocycles. The van der Waals surface area contributed by atoms with E-state index in [-0.39, 0.29) is 16.5 Å². The summed E-state index contributed by atoms with van der Waals surface area (Å²) < 4.78 is 9.61. The fourth-order valence-corrected chi connectivity index (χ4v) is 1.96. The normalized spacial score (nSPS) is 10.4. The van der Waals surface area contributed by atoms with Gasteiger partial charge in [-0.25, -0.2) is 9.59 Å². The second-order valence-electron chi connectivity index (χ2n) is 4.32. The highest BCUT2D eigenvalue weighted by Gasteiger charge is 2.22. The number of hydrogen-bond acceptors (Lipinski definition) is 6. The largest absolute Gasteiger partial charge is 0.481 e. The summed E-state index contributed by atoms with van der Waals surface area (Å²) >= 11 is 0. The van der Waals surface area contributed by atoms with Crippen molar-refractivity contribution in [1.29, 1.82) is 0 Å². The molecule has 1 aromatic heterocycles. The lowest BCUT2D eigenvalue weighted by Gasteiger charge is -2.06. The number of esters is 1. The second kappa shape index (κ2) is 5.68. The molecule has 2 N–H and O–H groups in total. The fourth-order valence-electron chi connectivity index (χ4n) is 1.96. The van der Waals surface area contributed by atoms with Crippen molar-refractivity contribution in [3.8, 4) is 0 Å². The molecule has 0 fully saturated rings. The van der Waals surface area contributed by atoms with Crippen LogP contribution in [0.2, 0.25) is 0 Å². The van der Waals surface area contributed by atoms with Crippen LogP contribution in [0.3, 0.4) is 0 Å². The van der Waals surface area contributed by atoms with Gasteiger partial charge in [-0.1, -0.05) is 0 Å². The fraction of sp³-hybridized carbons (Fsp3) is 0.143. The minimum absolute atomic E-state index is 0.0617. The molecule has 0 unspecified atom stereocenters. The third-order valence-corrected chi connectivity index (χ3v) is 2.93. The molecule has 0 spiro atoms. The molecule has 114 valence electrons. The number of aliphatic carboxylic acids is 1. The molecule has 8 heteroatoms. The highest BCUT2D eigenvalue weighted by atomic mass is 16.5. The van der Waals surface area contributed by atoms with Gasteiger partial charge in [-0.15, -0.1) is 0 Å². The first-order valence-corrected chi connectivity index (χ1v) is 5.98. The van der Waals surface area contributed by atoms with Crippen molar-refractivity contribution in [3.63, 3.8) is 0 Å². The van der Waals surface area contributed by atoms with Gasteiger partial charge in [-0.05, 0) is 18.2 Å². The van der Waals surface area contributed by atoms with E-state index in [2.05, 4.69) is 4.74 Å². The lowest BCUT2D eigenvalue weighted by molar-refractivity contribution is -0.136. The SMILES string of the molecule is COC(=O)c1ccc2oc(C(=O)O)c(CC(=O)O)c(=O)c2c1. The molecular formula is C14H10O8. The number of fused-ring (bicyclic) bond motifs is 1. The smallest absolute Gasteiger partial charge is 0.372 e. The van der Waals surface area contributed by atoms with Crippen molar-refractivity contribution in [2.45, 2.75) is 6.42 Å². The van der Waals surface area contributed by atoms with Gasteiger partial charge >= 0.3 is 17.9 Å². The van der Waals surface area contributed by atoms with Crippen LogP contribution in [-0.2, 0) is 16.0 Å². The first-order valence-electron chi connectivity index (χ1n) is 5.98. The molecule has 22 heavy (non-hydrogen) atoms. The van der Waals surface area contributed by atoms with Gasteiger partial charge in [-0.2, -0.15) is 0 Å². The number of carboxylic acids is 2. The first kappa shape index (κ1) is 15.2. The third kappa shape index (κ3) is 2.66. The van der Waals surface area contributed by atoms with E-state index in [0.29, 0.717) is 0 Å². The molecule has 1 heterocycles. The third-order valence-electron chi connectivity index (χ3n) is 2.93. The number of aromatic carboxylic acids is 1. The van der Waals surface area contributed by atoms with Crippen molar-refractivity contribution >= 4 is 28.9 Å². The Morgan fingerprint density at radius 2 is 1.91 bits per heavy atom. The van der Waals surface area contributed by atoms with Crippen LogP contribution in [-0.4, -0.2) is 35.2 Å². The number of benzene rings is 1. The van der Waals surface area contributed by atoms with Crippen molar-refractivity contribution in [3.05, 3.63) is 45.3 Å². The lowest BCUT2D eigenvalue weighted by Crippen LogP contribution is -2.19. The molecule has 8 nitrogen and oxygen atoms in total. The zero-order valence-electron chi connectivity index (χ0n) is 11.3. The second-order valence-corrected chi connectivity index (χ2v) is 4.32. The summed E-state index contributed by atoms with van der Waals surface area (Å²) in [7, 11) is 1.17. The predicted octanol–water partition coefficient (Wildman–Crippen LogP) is 0.905. The number of carbonyl (C=O) groups is 3. The average molecular weight is 306 g/mol. The molecule has 0 aliphatic carbocycles. The summed E-state index contributed by atoms with van der Waals surface area (Å²) in [5.41, 5.74) is -1.31. The Morgan fingerprint density at radius 1 is 1.23 bits per heavy atom. The Balaban J connectivity index is 2.80. The lowest BCUT2D eigenvalue weighted by atomic mass is 10.1. The van der Waals surface area contributed by atoms with E-state index in [9.17, 15) is 19.2 Å². The Labute approximate surface area is 122 Å². The van der Waals surface area contributed by atoms with Crippen LogP contribution >= 0.6 is 0 Å². The summed E-state index contributed by atoms with van der Waals surface area (Å²) in [4.78, 5) is 45.7.